The molecule has 1 aromatic heterocycles. The van der Waals surface area contributed by atoms with Crippen molar-refractivity contribution < 1.29 is 23.1 Å². The van der Waals surface area contributed by atoms with Crippen LogP contribution in [0, 0.1) is 5.92 Å². The van der Waals surface area contributed by atoms with Crippen molar-refractivity contribution in [2.75, 3.05) is 24.8 Å². The van der Waals surface area contributed by atoms with Gasteiger partial charge in [0, 0.05) is 12.5 Å². The van der Waals surface area contributed by atoms with E-state index in [9.17, 15) is 13.2 Å². The number of hydrogen-bond acceptors (Lipinski definition) is 6. The molecule has 1 aliphatic heterocycles. The first-order valence-corrected chi connectivity index (χ1v) is 7.51. The van der Waals surface area contributed by atoms with Crippen LogP contribution in [0.5, 0.6) is 0 Å². The summed E-state index contributed by atoms with van der Waals surface area (Å²) in [6.45, 7) is 0.310. The molecule has 0 aromatic carbocycles. The Morgan fingerprint density at radius 3 is 2.89 bits per heavy atom. The predicted octanol–water partition coefficient (Wildman–Crippen LogP) is -0.00340. The molecule has 19 heavy (non-hydrogen) atoms. The summed E-state index contributed by atoms with van der Waals surface area (Å²) in [6.07, 6.45) is 2.53. The van der Waals surface area contributed by atoms with Gasteiger partial charge in [0.25, 0.3) is 0 Å². The Morgan fingerprint density at radius 1 is 1.53 bits per heavy atom. The van der Waals surface area contributed by atoms with Crippen LogP contribution < -0.4 is 5.32 Å². The van der Waals surface area contributed by atoms with Crippen LogP contribution in [0.3, 0.4) is 0 Å². The Hall–Kier alpha value is -1.67. The van der Waals surface area contributed by atoms with Crippen molar-refractivity contribution in [1.82, 2.24) is 4.98 Å². The average molecular weight is 286 g/mol. The third-order valence-corrected chi connectivity index (χ3v) is 4.02. The topological polar surface area (TPSA) is 106 Å². The van der Waals surface area contributed by atoms with E-state index < -0.39 is 27.8 Å². The fourth-order valence-corrected chi connectivity index (χ4v) is 2.70. The quantitative estimate of drug-likeness (QED) is 0.802. The first-order valence-electron chi connectivity index (χ1n) is 5.62. The monoisotopic (exact) mass is 286 g/mol. The number of carbonyl (C=O) groups is 1. The summed E-state index contributed by atoms with van der Waals surface area (Å²) in [5, 5.41) is 11.9. The van der Waals surface area contributed by atoms with E-state index >= 15 is 0 Å². The van der Waals surface area contributed by atoms with Crippen molar-refractivity contribution in [3.05, 3.63) is 18.3 Å². The summed E-state index contributed by atoms with van der Waals surface area (Å²) in [4.78, 5) is 15.0. The van der Waals surface area contributed by atoms with E-state index in [0.717, 1.165) is 6.26 Å². The van der Waals surface area contributed by atoms with Crippen LogP contribution in [0.15, 0.2) is 23.2 Å². The normalized spacial score (nSPS) is 23.2. The zero-order chi connectivity index (χ0) is 14.0. The molecular weight excluding hydrogens is 272 g/mol. The number of pyridine rings is 1. The van der Waals surface area contributed by atoms with E-state index in [1.54, 1.807) is 0 Å². The second-order valence-corrected chi connectivity index (χ2v) is 6.34. The summed E-state index contributed by atoms with van der Waals surface area (Å²) < 4.78 is 28.3. The first kappa shape index (κ1) is 13.8. The molecule has 2 unspecified atom stereocenters. The number of sulfone groups is 1. The zero-order valence-electron chi connectivity index (χ0n) is 10.2. The SMILES string of the molecule is CS(=O)(=O)c1cccnc1NC1COCC1C(=O)O. The second-order valence-electron chi connectivity index (χ2n) is 4.36. The van der Waals surface area contributed by atoms with Crippen molar-refractivity contribution in [1.29, 1.82) is 0 Å². The smallest absolute Gasteiger partial charge is 0.311 e. The lowest BCUT2D eigenvalue weighted by Crippen LogP contribution is -2.33. The molecule has 104 valence electrons. The summed E-state index contributed by atoms with van der Waals surface area (Å²) in [5.41, 5.74) is 0. The maximum absolute atomic E-state index is 11.6. The predicted molar refractivity (Wildman–Crippen MR) is 66.7 cm³/mol. The van der Waals surface area contributed by atoms with Gasteiger partial charge in [0.15, 0.2) is 9.84 Å². The van der Waals surface area contributed by atoms with Crippen LogP contribution in [0.4, 0.5) is 5.82 Å². The molecule has 1 aliphatic rings. The highest BCUT2D eigenvalue weighted by Crippen LogP contribution is 2.23. The summed E-state index contributed by atoms with van der Waals surface area (Å²) in [5.74, 6) is -1.53. The summed E-state index contributed by atoms with van der Waals surface area (Å²) >= 11 is 0. The van der Waals surface area contributed by atoms with Crippen molar-refractivity contribution in [2.24, 2.45) is 5.92 Å². The van der Waals surface area contributed by atoms with Crippen LogP contribution in [0.1, 0.15) is 0 Å². The van der Waals surface area contributed by atoms with E-state index in [1.807, 2.05) is 0 Å². The number of nitrogens with zero attached hydrogens (tertiary/aromatic N) is 1. The number of nitrogens with one attached hydrogen (secondary N) is 1. The van der Waals surface area contributed by atoms with Gasteiger partial charge >= 0.3 is 5.97 Å². The molecule has 0 spiro atoms. The maximum atomic E-state index is 11.6. The van der Waals surface area contributed by atoms with Crippen molar-refractivity contribution in [2.45, 2.75) is 10.9 Å². The van der Waals surface area contributed by atoms with Gasteiger partial charge in [-0.05, 0) is 12.1 Å². The zero-order valence-corrected chi connectivity index (χ0v) is 11.1. The molecule has 1 fully saturated rings. The van der Waals surface area contributed by atoms with Gasteiger partial charge in [-0.15, -0.1) is 0 Å². The first-order chi connectivity index (χ1) is 8.89. The average Bonchev–Trinajstić information content (AvgIpc) is 2.76. The van der Waals surface area contributed by atoms with Crippen molar-refractivity contribution >= 4 is 21.6 Å². The number of hydrogen-bond donors (Lipinski definition) is 2. The molecule has 7 nitrogen and oxygen atoms in total. The third kappa shape index (κ3) is 3.02. The van der Waals surface area contributed by atoms with Gasteiger partial charge in [-0.25, -0.2) is 13.4 Å². The molecule has 0 aliphatic carbocycles. The number of aromatic nitrogens is 1. The molecule has 2 heterocycles. The van der Waals surface area contributed by atoms with Crippen LogP contribution in [-0.4, -0.2) is 50.0 Å². The molecule has 0 amide bonds. The van der Waals surface area contributed by atoms with E-state index in [-0.39, 0.29) is 23.9 Å². The second kappa shape index (κ2) is 5.14. The minimum Gasteiger partial charge on any atom is -0.481 e. The van der Waals surface area contributed by atoms with Crippen LogP contribution in [0.25, 0.3) is 0 Å². The Balaban J connectivity index is 2.27. The van der Waals surface area contributed by atoms with Gasteiger partial charge in [0.1, 0.15) is 16.6 Å². The van der Waals surface area contributed by atoms with Crippen molar-refractivity contribution in [3.8, 4) is 0 Å². The number of anilines is 1. The third-order valence-electron chi connectivity index (χ3n) is 2.89. The largest absolute Gasteiger partial charge is 0.481 e. The number of carboxylic acids is 1. The highest BCUT2D eigenvalue weighted by Gasteiger charge is 2.35. The van der Waals surface area contributed by atoms with Crippen molar-refractivity contribution in [3.63, 3.8) is 0 Å². The maximum Gasteiger partial charge on any atom is 0.311 e. The van der Waals surface area contributed by atoms with Crippen LogP contribution in [-0.2, 0) is 19.4 Å². The molecule has 2 N–H and O–H groups in total. The number of rotatable bonds is 4. The van der Waals surface area contributed by atoms with E-state index in [2.05, 4.69) is 10.3 Å². The molecule has 2 rings (SSSR count). The van der Waals surface area contributed by atoms with Crippen LogP contribution in [0.2, 0.25) is 0 Å². The van der Waals surface area contributed by atoms with E-state index in [0.29, 0.717) is 0 Å². The molecule has 1 aromatic rings. The number of ether oxygens (including phenoxy) is 1. The van der Waals surface area contributed by atoms with E-state index in [1.165, 1.54) is 18.3 Å². The summed E-state index contributed by atoms with van der Waals surface area (Å²) in [6, 6.07) is 2.45. The molecule has 0 bridgehead atoms. The number of aliphatic carboxylic acids is 1. The van der Waals surface area contributed by atoms with Gasteiger partial charge in [-0.2, -0.15) is 0 Å². The van der Waals surface area contributed by atoms with E-state index in [4.69, 9.17) is 9.84 Å². The van der Waals surface area contributed by atoms with Gasteiger partial charge in [0.2, 0.25) is 0 Å². The highest BCUT2D eigenvalue weighted by atomic mass is 32.2. The fourth-order valence-electron chi connectivity index (χ4n) is 1.91. The lowest BCUT2D eigenvalue weighted by Gasteiger charge is -2.17. The Kier molecular flexibility index (Phi) is 3.72. The minimum atomic E-state index is -3.43. The Labute approximate surface area is 110 Å². The molecule has 0 saturated carbocycles. The lowest BCUT2D eigenvalue weighted by atomic mass is 10.0. The molecular formula is C11H14N2O5S. The summed E-state index contributed by atoms with van der Waals surface area (Å²) in [7, 11) is -3.43. The van der Waals surface area contributed by atoms with Gasteiger partial charge < -0.3 is 15.2 Å². The number of carboxylic acid groups (broad SMARTS) is 1. The van der Waals surface area contributed by atoms with Gasteiger partial charge in [-0.3, -0.25) is 4.79 Å². The lowest BCUT2D eigenvalue weighted by molar-refractivity contribution is -0.141. The van der Waals surface area contributed by atoms with Gasteiger partial charge in [-0.1, -0.05) is 0 Å². The molecule has 8 heteroatoms. The Bertz CT molecular complexity index is 587. The molecule has 0 radical (unpaired) electrons. The highest BCUT2D eigenvalue weighted by molar-refractivity contribution is 7.90. The fraction of sp³-hybridized carbons (Fsp3) is 0.455. The molecule has 1 saturated heterocycles. The standard InChI is InChI=1S/C11H14N2O5S/c1-19(16,17)9-3-2-4-12-10(9)13-8-6-18-5-7(8)11(14)15/h2-4,7-8H,5-6H2,1H3,(H,12,13)(H,14,15). The van der Waals surface area contributed by atoms with Gasteiger partial charge in [0.05, 0.1) is 19.3 Å². The minimum absolute atomic E-state index is 0.0473. The van der Waals surface area contributed by atoms with Crippen LogP contribution >= 0.6 is 0 Å². The Morgan fingerprint density at radius 2 is 2.26 bits per heavy atom. The molecule has 2 atom stereocenters.